The summed E-state index contributed by atoms with van der Waals surface area (Å²) in [5.74, 6) is 0. The molecule has 106 valence electrons. The fourth-order valence-electron chi connectivity index (χ4n) is 2.00. The molecule has 0 saturated carbocycles. The van der Waals surface area contributed by atoms with Gasteiger partial charge in [0.05, 0.1) is 19.0 Å². The maximum Gasteiger partial charge on any atom is 0.264 e. The van der Waals surface area contributed by atoms with E-state index in [0.717, 1.165) is 22.4 Å². The van der Waals surface area contributed by atoms with Gasteiger partial charge in [0.15, 0.2) is 0 Å². The number of hydroxylamine groups is 2. The number of nitrogens with one attached hydrogen (secondary N) is 1. The molecular formula is C12H17N2O4S-. The Morgan fingerprint density at radius 3 is 2.63 bits per heavy atom. The third-order valence-electron chi connectivity index (χ3n) is 2.94. The second-order valence-electron chi connectivity index (χ2n) is 4.52. The van der Waals surface area contributed by atoms with Crippen LogP contribution in [0.2, 0.25) is 0 Å². The lowest BCUT2D eigenvalue weighted by Crippen LogP contribution is -2.22. The fraction of sp³-hybridized carbons (Fsp3) is 0.500. The molecule has 1 aliphatic rings. The Morgan fingerprint density at radius 1 is 1.42 bits per heavy atom. The number of hydrogen-bond donors (Lipinski definition) is 1. The van der Waals surface area contributed by atoms with Gasteiger partial charge in [-0.3, -0.25) is 9.50 Å². The summed E-state index contributed by atoms with van der Waals surface area (Å²) in [5, 5.41) is 15.6. The Bertz CT molecular complexity index is 515. The van der Waals surface area contributed by atoms with Gasteiger partial charge in [0.2, 0.25) is 0 Å². The average Bonchev–Trinajstić information content (AvgIpc) is 2.75. The van der Waals surface area contributed by atoms with Gasteiger partial charge in [-0.15, -0.1) is 0 Å². The van der Waals surface area contributed by atoms with Crippen molar-refractivity contribution in [1.29, 1.82) is 0 Å². The predicted octanol–water partition coefficient (Wildman–Crippen LogP) is 0.607. The summed E-state index contributed by atoms with van der Waals surface area (Å²) >= 11 is 0. The van der Waals surface area contributed by atoms with E-state index < -0.39 is 10.1 Å². The molecule has 1 aromatic rings. The molecule has 1 aromatic carbocycles. The minimum Gasteiger partial charge on any atom is -0.784 e. The van der Waals surface area contributed by atoms with Crippen molar-refractivity contribution in [2.45, 2.75) is 12.6 Å². The summed E-state index contributed by atoms with van der Waals surface area (Å²) < 4.78 is 26.3. The van der Waals surface area contributed by atoms with Crippen molar-refractivity contribution in [2.24, 2.45) is 0 Å². The Balaban J connectivity index is 1.91. The zero-order chi connectivity index (χ0) is 13.9. The van der Waals surface area contributed by atoms with E-state index in [1.54, 1.807) is 0 Å². The van der Waals surface area contributed by atoms with Gasteiger partial charge in [-0.2, -0.15) is 8.42 Å². The van der Waals surface area contributed by atoms with Crippen molar-refractivity contribution in [1.82, 2.24) is 10.4 Å². The second-order valence-corrected chi connectivity index (χ2v) is 6.16. The molecule has 0 aliphatic carbocycles. The summed E-state index contributed by atoms with van der Waals surface area (Å²) in [5.41, 5.74) is 1.89. The van der Waals surface area contributed by atoms with E-state index in [4.69, 9.17) is 0 Å². The molecule has 1 saturated heterocycles. The highest BCUT2D eigenvalue weighted by Gasteiger charge is 2.17. The van der Waals surface area contributed by atoms with Crippen molar-refractivity contribution >= 4 is 10.1 Å². The summed E-state index contributed by atoms with van der Waals surface area (Å²) in [6, 6.07) is 7.52. The molecule has 7 heteroatoms. The molecular weight excluding hydrogens is 268 g/mol. The van der Waals surface area contributed by atoms with E-state index >= 15 is 0 Å². The highest BCUT2D eigenvalue weighted by Crippen LogP contribution is 2.20. The van der Waals surface area contributed by atoms with E-state index in [0.29, 0.717) is 19.5 Å². The first-order chi connectivity index (χ1) is 8.96. The second kappa shape index (κ2) is 5.98. The van der Waals surface area contributed by atoms with E-state index in [1.807, 2.05) is 24.3 Å². The molecule has 0 amide bonds. The van der Waals surface area contributed by atoms with E-state index in [9.17, 15) is 13.6 Å². The Hall–Kier alpha value is -0.990. The fourth-order valence-corrected chi connectivity index (χ4v) is 2.39. The van der Waals surface area contributed by atoms with Crippen molar-refractivity contribution in [3.8, 4) is 0 Å². The quantitative estimate of drug-likeness (QED) is 0.798. The lowest BCUT2D eigenvalue weighted by Gasteiger charge is -2.29. The molecule has 2 rings (SSSR count). The smallest absolute Gasteiger partial charge is 0.264 e. The maximum atomic E-state index is 11.5. The van der Waals surface area contributed by atoms with Gasteiger partial charge in [0.25, 0.3) is 10.1 Å². The van der Waals surface area contributed by atoms with Crippen LogP contribution in [-0.2, 0) is 20.7 Å². The monoisotopic (exact) mass is 285 g/mol. The lowest BCUT2D eigenvalue weighted by atomic mass is 10.1. The number of nitrogens with zero attached hydrogens (tertiary/aromatic N) is 1. The lowest BCUT2D eigenvalue weighted by molar-refractivity contribution is 0.325. The van der Waals surface area contributed by atoms with Crippen LogP contribution in [0, 0.1) is 5.21 Å². The molecule has 0 aromatic heterocycles. The zero-order valence-electron chi connectivity index (χ0n) is 10.7. The minimum absolute atomic E-state index is 0.132. The summed E-state index contributed by atoms with van der Waals surface area (Å²) in [4.78, 5) is 0. The molecule has 0 radical (unpaired) electrons. The van der Waals surface area contributed by atoms with Gasteiger partial charge in [-0.1, -0.05) is 24.3 Å². The molecule has 19 heavy (non-hydrogen) atoms. The molecule has 1 aliphatic heterocycles. The van der Waals surface area contributed by atoms with E-state index in [1.165, 1.54) is 0 Å². The first-order valence-corrected chi connectivity index (χ1v) is 7.88. The van der Waals surface area contributed by atoms with Crippen LogP contribution < -0.4 is 5.32 Å². The maximum absolute atomic E-state index is 11.5. The van der Waals surface area contributed by atoms with Crippen LogP contribution in [0.4, 0.5) is 0 Å². The normalized spacial score (nSPS) is 20.8. The van der Waals surface area contributed by atoms with Gasteiger partial charge >= 0.3 is 0 Å². The van der Waals surface area contributed by atoms with Gasteiger partial charge < -0.3 is 10.3 Å². The van der Waals surface area contributed by atoms with Gasteiger partial charge in [0, 0.05) is 6.54 Å². The highest BCUT2D eigenvalue weighted by atomic mass is 32.2. The molecule has 1 atom stereocenters. The first-order valence-electron chi connectivity index (χ1n) is 6.06. The average molecular weight is 285 g/mol. The van der Waals surface area contributed by atoms with Crippen LogP contribution in [0.1, 0.15) is 17.3 Å². The van der Waals surface area contributed by atoms with E-state index in [2.05, 4.69) is 9.50 Å². The third-order valence-corrected chi connectivity index (χ3v) is 3.54. The molecule has 0 bridgehead atoms. The minimum atomic E-state index is -3.38. The first kappa shape index (κ1) is 14.4. The largest absolute Gasteiger partial charge is 0.784 e. The number of benzene rings is 1. The predicted molar refractivity (Wildman–Crippen MR) is 71.8 cm³/mol. The number of hydrogen-bond acceptors (Lipinski definition) is 6. The van der Waals surface area contributed by atoms with Gasteiger partial charge in [0.1, 0.15) is 0 Å². The van der Waals surface area contributed by atoms with Crippen LogP contribution in [-0.4, -0.2) is 39.4 Å². The van der Waals surface area contributed by atoms with Crippen molar-refractivity contribution in [3.63, 3.8) is 0 Å². The SMILES string of the molecule is CS(=O)(=O)OCCc1ccc(C2NCCN2[O-])cc1. The molecule has 1 unspecified atom stereocenters. The summed E-state index contributed by atoms with van der Waals surface area (Å²) in [7, 11) is -3.38. The molecule has 1 fully saturated rings. The molecule has 1 N–H and O–H groups in total. The molecule has 6 nitrogen and oxygen atoms in total. The van der Waals surface area contributed by atoms with Crippen LogP contribution in [0.3, 0.4) is 0 Å². The van der Waals surface area contributed by atoms with Crippen molar-refractivity contribution < 1.29 is 12.6 Å². The Labute approximate surface area is 113 Å². The topological polar surface area (TPSA) is 81.7 Å². The molecule has 0 spiro atoms. The highest BCUT2D eigenvalue weighted by molar-refractivity contribution is 7.85. The van der Waals surface area contributed by atoms with Gasteiger partial charge in [-0.05, 0) is 24.1 Å². The molecule has 1 heterocycles. The zero-order valence-corrected chi connectivity index (χ0v) is 11.5. The van der Waals surface area contributed by atoms with Crippen LogP contribution >= 0.6 is 0 Å². The van der Waals surface area contributed by atoms with Gasteiger partial charge in [-0.25, -0.2) is 0 Å². The number of rotatable bonds is 5. The third kappa shape index (κ3) is 4.26. The summed E-state index contributed by atoms with van der Waals surface area (Å²) in [6.07, 6.45) is 1.28. The standard InChI is InChI=1S/C12H17N2O4S/c1-19(16,17)18-9-6-10-2-4-11(5-3-10)12-13-7-8-14(12)15/h2-5,12-13H,6-9H2,1H3/q-1. The Morgan fingerprint density at radius 2 is 2.11 bits per heavy atom. The van der Waals surface area contributed by atoms with Crippen LogP contribution in [0.15, 0.2) is 24.3 Å². The van der Waals surface area contributed by atoms with Crippen LogP contribution in [0.25, 0.3) is 0 Å². The van der Waals surface area contributed by atoms with Crippen molar-refractivity contribution in [2.75, 3.05) is 26.0 Å². The summed E-state index contributed by atoms with van der Waals surface area (Å²) in [6.45, 7) is 1.32. The van der Waals surface area contributed by atoms with Crippen molar-refractivity contribution in [3.05, 3.63) is 40.6 Å². The van der Waals surface area contributed by atoms with Crippen LogP contribution in [0.5, 0.6) is 0 Å². The van der Waals surface area contributed by atoms with E-state index in [-0.39, 0.29) is 12.8 Å². The Kier molecular flexibility index (Phi) is 4.54.